The van der Waals surface area contributed by atoms with Crippen molar-refractivity contribution < 1.29 is 9.59 Å². The summed E-state index contributed by atoms with van der Waals surface area (Å²) in [7, 11) is 0. The molecule has 3 heterocycles. The molecule has 2 N–H and O–H groups in total. The number of fused-ring (bicyclic) bond motifs is 1. The molecule has 0 spiro atoms. The van der Waals surface area contributed by atoms with Gasteiger partial charge in [-0.2, -0.15) is 0 Å². The molecular formula is C19H14N4O3S2. The summed E-state index contributed by atoms with van der Waals surface area (Å²) in [5.41, 5.74) is 0.949. The molecule has 0 unspecified atom stereocenters. The Morgan fingerprint density at radius 3 is 2.43 bits per heavy atom. The van der Waals surface area contributed by atoms with Crippen LogP contribution in [-0.2, 0) is 11.3 Å². The van der Waals surface area contributed by atoms with Crippen molar-refractivity contribution in [2.75, 3.05) is 10.6 Å². The fourth-order valence-electron chi connectivity index (χ4n) is 2.60. The SMILES string of the molecule is O=C(Cn1cnc2sccc2c1=O)Nc1ccc(NC(=O)c2cccs2)cc1. The zero-order valence-corrected chi connectivity index (χ0v) is 16.0. The molecule has 9 heteroatoms. The van der Waals surface area contributed by atoms with Gasteiger partial charge in [0.25, 0.3) is 11.5 Å². The highest BCUT2D eigenvalue weighted by molar-refractivity contribution is 7.16. The molecule has 0 radical (unpaired) electrons. The fourth-order valence-corrected chi connectivity index (χ4v) is 3.94. The summed E-state index contributed by atoms with van der Waals surface area (Å²) in [4.78, 5) is 42.1. The van der Waals surface area contributed by atoms with E-state index < -0.39 is 0 Å². The summed E-state index contributed by atoms with van der Waals surface area (Å²) in [6.45, 7) is -0.130. The molecule has 1 aromatic carbocycles. The van der Waals surface area contributed by atoms with E-state index in [4.69, 9.17) is 0 Å². The number of benzene rings is 1. The molecule has 28 heavy (non-hydrogen) atoms. The second kappa shape index (κ2) is 7.75. The molecule has 4 aromatic rings. The van der Waals surface area contributed by atoms with Crippen molar-refractivity contribution in [1.82, 2.24) is 9.55 Å². The van der Waals surface area contributed by atoms with Crippen molar-refractivity contribution in [3.63, 3.8) is 0 Å². The number of carbonyl (C=O) groups excluding carboxylic acids is 2. The van der Waals surface area contributed by atoms with Crippen LogP contribution in [0.2, 0.25) is 0 Å². The molecule has 0 aliphatic carbocycles. The van der Waals surface area contributed by atoms with Crippen LogP contribution in [0.5, 0.6) is 0 Å². The van der Waals surface area contributed by atoms with E-state index >= 15 is 0 Å². The minimum absolute atomic E-state index is 0.130. The molecule has 0 atom stereocenters. The van der Waals surface area contributed by atoms with Gasteiger partial charge in [-0.05, 0) is 47.2 Å². The van der Waals surface area contributed by atoms with Gasteiger partial charge in [-0.3, -0.25) is 19.0 Å². The van der Waals surface area contributed by atoms with Crippen LogP contribution in [0.15, 0.2) is 64.3 Å². The fraction of sp³-hybridized carbons (Fsp3) is 0.0526. The number of thiophene rings is 2. The van der Waals surface area contributed by atoms with Crippen LogP contribution in [0.1, 0.15) is 9.67 Å². The lowest BCUT2D eigenvalue weighted by atomic mass is 10.2. The van der Waals surface area contributed by atoms with Crippen molar-refractivity contribution in [3.05, 3.63) is 74.8 Å². The normalized spacial score (nSPS) is 10.7. The van der Waals surface area contributed by atoms with E-state index in [0.717, 1.165) is 0 Å². The number of rotatable bonds is 5. The number of hydrogen-bond acceptors (Lipinski definition) is 6. The van der Waals surface area contributed by atoms with Crippen LogP contribution in [0.25, 0.3) is 10.2 Å². The third kappa shape index (κ3) is 3.85. The standard InChI is InChI=1S/C19H14N4O3S2/c24-16(10-23-11-20-18-14(19(23)26)7-9-28-18)21-12-3-5-13(6-4-12)22-17(25)15-2-1-8-27-15/h1-9,11H,10H2,(H,21,24)(H,22,25). The summed E-state index contributed by atoms with van der Waals surface area (Å²) in [5.74, 6) is -0.517. The van der Waals surface area contributed by atoms with E-state index in [-0.39, 0.29) is 23.9 Å². The lowest BCUT2D eigenvalue weighted by Gasteiger charge is -2.08. The summed E-state index contributed by atoms with van der Waals surface area (Å²) >= 11 is 2.75. The first kappa shape index (κ1) is 18.1. The van der Waals surface area contributed by atoms with E-state index in [1.165, 1.54) is 33.6 Å². The van der Waals surface area contributed by atoms with Crippen LogP contribution >= 0.6 is 22.7 Å². The van der Waals surface area contributed by atoms with Crippen molar-refractivity contribution in [3.8, 4) is 0 Å². The summed E-state index contributed by atoms with van der Waals surface area (Å²) in [5, 5.41) is 9.66. The largest absolute Gasteiger partial charge is 0.325 e. The Bertz CT molecular complexity index is 1190. The molecule has 7 nitrogen and oxygen atoms in total. The molecule has 2 amide bonds. The molecule has 140 valence electrons. The summed E-state index contributed by atoms with van der Waals surface area (Å²) < 4.78 is 1.28. The highest BCUT2D eigenvalue weighted by Crippen LogP contribution is 2.17. The predicted octanol–water partition coefficient (Wildman–Crippen LogP) is 3.41. The number of amides is 2. The topological polar surface area (TPSA) is 93.1 Å². The van der Waals surface area contributed by atoms with E-state index in [0.29, 0.717) is 26.5 Å². The van der Waals surface area contributed by atoms with Gasteiger partial charge in [-0.1, -0.05) is 6.07 Å². The van der Waals surface area contributed by atoms with Gasteiger partial charge < -0.3 is 10.6 Å². The lowest BCUT2D eigenvalue weighted by Crippen LogP contribution is -2.27. The molecular weight excluding hydrogens is 396 g/mol. The first-order valence-corrected chi connectivity index (χ1v) is 10.0. The number of carbonyl (C=O) groups is 2. The van der Waals surface area contributed by atoms with Crippen LogP contribution in [0.3, 0.4) is 0 Å². The van der Waals surface area contributed by atoms with E-state index in [1.807, 2.05) is 11.4 Å². The van der Waals surface area contributed by atoms with Gasteiger partial charge in [0.05, 0.1) is 16.6 Å². The maximum absolute atomic E-state index is 12.3. The second-order valence-electron chi connectivity index (χ2n) is 5.87. The molecule has 0 saturated heterocycles. The number of anilines is 2. The second-order valence-corrected chi connectivity index (χ2v) is 7.72. The first-order chi connectivity index (χ1) is 13.6. The van der Waals surface area contributed by atoms with Gasteiger partial charge in [0, 0.05) is 11.4 Å². The van der Waals surface area contributed by atoms with E-state index in [1.54, 1.807) is 41.8 Å². The number of hydrogen-bond donors (Lipinski definition) is 2. The Kier molecular flexibility index (Phi) is 5.00. The van der Waals surface area contributed by atoms with Gasteiger partial charge in [-0.15, -0.1) is 22.7 Å². The third-order valence-electron chi connectivity index (χ3n) is 3.94. The third-order valence-corrected chi connectivity index (χ3v) is 5.63. The van der Waals surface area contributed by atoms with Crippen molar-refractivity contribution >= 4 is 56.1 Å². The van der Waals surface area contributed by atoms with Crippen LogP contribution < -0.4 is 16.2 Å². The Hall–Kier alpha value is -3.30. The van der Waals surface area contributed by atoms with Gasteiger partial charge in [0.2, 0.25) is 5.91 Å². The van der Waals surface area contributed by atoms with Crippen molar-refractivity contribution in [1.29, 1.82) is 0 Å². The van der Waals surface area contributed by atoms with Gasteiger partial charge in [-0.25, -0.2) is 4.98 Å². The summed E-state index contributed by atoms with van der Waals surface area (Å²) in [6.07, 6.45) is 1.38. The molecule has 0 aliphatic rings. The molecule has 3 aromatic heterocycles. The quantitative estimate of drug-likeness (QED) is 0.527. The predicted molar refractivity (Wildman–Crippen MR) is 111 cm³/mol. The van der Waals surface area contributed by atoms with Crippen LogP contribution in [-0.4, -0.2) is 21.4 Å². The Morgan fingerprint density at radius 2 is 1.71 bits per heavy atom. The Labute approximate surface area is 167 Å². The lowest BCUT2D eigenvalue weighted by molar-refractivity contribution is -0.116. The molecule has 4 rings (SSSR count). The number of nitrogens with zero attached hydrogens (tertiary/aromatic N) is 2. The molecule has 0 aliphatic heterocycles. The zero-order chi connectivity index (χ0) is 19.5. The Morgan fingerprint density at radius 1 is 0.964 bits per heavy atom. The zero-order valence-electron chi connectivity index (χ0n) is 14.4. The monoisotopic (exact) mass is 410 g/mol. The van der Waals surface area contributed by atoms with Gasteiger partial charge in [0.1, 0.15) is 11.4 Å². The average Bonchev–Trinajstić information content (AvgIpc) is 3.37. The molecule has 0 fully saturated rings. The highest BCUT2D eigenvalue weighted by Gasteiger charge is 2.10. The highest BCUT2D eigenvalue weighted by atomic mass is 32.1. The summed E-state index contributed by atoms with van der Waals surface area (Å²) in [6, 6.07) is 12.0. The minimum atomic E-state index is -0.339. The van der Waals surface area contributed by atoms with Crippen LogP contribution in [0, 0.1) is 0 Å². The van der Waals surface area contributed by atoms with Gasteiger partial charge >= 0.3 is 0 Å². The van der Waals surface area contributed by atoms with Gasteiger partial charge in [0.15, 0.2) is 0 Å². The van der Waals surface area contributed by atoms with E-state index in [9.17, 15) is 14.4 Å². The smallest absolute Gasteiger partial charge is 0.265 e. The molecule has 0 saturated carbocycles. The maximum atomic E-state index is 12.3. The van der Waals surface area contributed by atoms with E-state index in [2.05, 4.69) is 15.6 Å². The number of nitrogens with one attached hydrogen (secondary N) is 2. The average molecular weight is 410 g/mol. The van der Waals surface area contributed by atoms with Crippen molar-refractivity contribution in [2.45, 2.75) is 6.54 Å². The molecule has 0 bridgehead atoms. The maximum Gasteiger partial charge on any atom is 0.265 e. The first-order valence-electron chi connectivity index (χ1n) is 8.27. The number of aromatic nitrogens is 2. The van der Waals surface area contributed by atoms with Crippen molar-refractivity contribution in [2.24, 2.45) is 0 Å². The Balaban J connectivity index is 1.39. The van der Waals surface area contributed by atoms with Crippen LogP contribution in [0.4, 0.5) is 11.4 Å². The minimum Gasteiger partial charge on any atom is -0.325 e.